The highest BCUT2D eigenvalue weighted by molar-refractivity contribution is 4.56. The molecule has 0 radical (unpaired) electrons. The summed E-state index contributed by atoms with van der Waals surface area (Å²) in [7, 11) is 1.79. The highest BCUT2D eigenvalue weighted by Gasteiger charge is 2.05. The van der Waals surface area contributed by atoms with Gasteiger partial charge in [-0.15, -0.1) is 0 Å². The quantitative estimate of drug-likeness (QED) is 0.568. The van der Waals surface area contributed by atoms with Gasteiger partial charge in [-0.1, -0.05) is 20.8 Å². The molecule has 0 unspecified atom stereocenters. The van der Waals surface area contributed by atoms with Gasteiger partial charge < -0.3 is 4.74 Å². The second-order valence-corrected chi connectivity index (χ2v) is 2.90. The van der Waals surface area contributed by atoms with Crippen LogP contribution in [0.3, 0.4) is 0 Å². The van der Waals surface area contributed by atoms with Crippen molar-refractivity contribution in [3.8, 4) is 0 Å². The molecule has 0 bridgehead atoms. The van der Waals surface area contributed by atoms with E-state index in [9.17, 15) is 0 Å². The van der Waals surface area contributed by atoms with Crippen LogP contribution in [0.1, 0.15) is 33.6 Å². The van der Waals surface area contributed by atoms with Crippen molar-refractivity contribution in [3.05, 3.63) is 0 Å². The van der Waals surface area contributed by atoms with Crippen LogP contribution in [-0.2, 0) is 4.74 Å². The van der Waals surface area contributed by atoms with E-state index in [-0.39, 0.29) is 0 Å². The minimum atomic E-state index is 0.477. The van der Waals surface area contributed by atoms with E-state index >= 15 is 0 Å². The van der Waals surface area contributed by atoms with E-state index in [1.54, 1.807) is 7.11 Å². The molecule has 0 amide bonds. The third-order valence-corrected chi connectivity index (χ3v) is 1.52. The number of methoxy groups -OCH3 is 1. The highest BCUT2D eigenvalue weighted by Crippen LogP contribution is 2.09. The Morgan fingerprint density at radius 3 is 2.00 bits per heavy atom. The molecule has 0 fully saturated rings. The molecule has 0 aromatic carbocycles. The minimum absolute atomic E-state index is 0.477. The molecular weight excluding hydrogens is 112 g/mol. The van der Waals surface area contributed by atoms with Gasteiger partial charge in [0.05, 0.1) is 6.10 Å². The van der Waals surface area contributed by atoms with Gasteiger partial charge in [0.2, 0.25) is 0 Å². The summed E-state index contributed by atoms with van der Waals surface area (Å²) < 4.78 is 5.21. The van der Waals surface area contributed by atoms with Crippen molar-refractivity contribution < 1.29 is 4.74 Å². The number of rotatable bonds is 4. The fourth-order valence-electron chi connectivity index (χ4n) is 0.955. The first-order valence-corrected chi connectivity index (χ1v) is 3.73. The molecule has 9 heavy (non-hydrogen) atoms. The van der Waals surface area contributed by atoms with Gasteiger partial charge in [-0.2, -0.15) is 0 Å². The predicted molar refractivity (Wildman–Crippen MR) is 40.5 cm³/mol. The van der Waals surface area contributed by atoms with Crippen molar-refractivity contribution in [2.24, 2.45) is 5.92 Å². The molecular formula is C8H18O. The van der Waals surface area contributed by atoms with E-state index in [1.165, 1.54) is 6.42 Å². The summed E-state index contributed by atoms with van der Waals surface area (Å²) in [5, 5.41) is 0. The van der Waals surface area contributed by atoms with Crippen molar-refractivity contribution in [1.82, 2.24) is 0 Å². The van der Waals surface area contributed by atoms with E-state index in [0.29, 0.717) is 6.10 Å². The largest absolute Gasteiger partial charge is 0.381 e. The first-order valence-electron chi connectivity index (χ1n) is 3.73. The Balaban J connectivity index is 3.31. The fraction of sp³-hybridized carbons (Fsp3) is 1.00. The van der Waals surface area contributed by atoms with Crippen LogP contribution in [0.25, 0.3) is 0 Å². The van der Waals surface area contributed by atoms with E-state index in [2.05, 4.69) is 20.8 Å². The van der Waals surface area contributed by atoms with Crippen LogP contribution in [0.15, 0.2) is 0 Å². The van der Waals surface area contributed by atoms with Crippen LogP contribution in [0.4, 0.5) is 0 Å². The summed E-state index contributed by atoms with van der Waals surface area (Å²) in [6.45, 7) is 6.61. The molecule has 1 nitrogen and oxygen atoms in total. The second kappa shape index (κ2) is 4.80. The number of hydrogen-bond donors (Lipinski definition) is 0. The van der Waals surface area contributed by atoms with Gasteiger partial charge in [-0.05, 0) is 18.8 Å². The molecule has 0 aliphatic rings. The summed E-state index contributed by atoms with van der Waals surface area (Å²) >= 11 is 0. The maximum Gasteiger partial charge on any atom is 0.0571 e. The van der Waals surface area contributed by atoms with Gasteiger partial charge in [0.1, 0.15) is 0 Å². The molecule has 1 heteroatoms. The van der Waals surface area contributed by atoms with Crippen LogP contribution in [-0.4, -0.2) is 13.2 Å². The highest BCUT2D eigenvalue weighted by atomic mass is 16.5. The molecule has 0 heterocycles. The zero-order valence-corrected chi connectivity index (χ0v) is 6.98. The topological polar surface area (TPSA) is 9.23 Å². The van der Waals surface area contributed by atoms with Crippen molar-refractivity contribution in [3.63, 3.8) is 0 Å². The van der Waals surface area contributed by atoms with Gasteiger partial charge >= 0.3 is 0 Å². The molecule has 1 atom stereocenters. The Kier molecular flexibility index (Phi) is 4.78. The van der Waals surface area contributed by atoms with Crippen LogP contribution in [0.5, 0.6) is 0 Å². The van der Waals surface area contributed by atoms with Crippen LogP contribution < -0.4 is 0 Å². The van der Waals surface area contributed by atoms with E-state index in [4.69, 9.17) is 4.74 Å². The van der Waals surface area contributed by atoms with Crippen molar-refractivity contribution in [2.75, 3.05) is 7.11 Å². The lowest BCUT2D eigenvalue weighted by atomic mass is 10.0. The molecule has 0 aliphatic heterocycles. The Morgan fingerprint density at radius 2 is 1.89 bits per heavy atom. The monoisotopic (exact) mass is 130 g/mol. The lowest BCUT2D eigenvalue weighted by molar-refractivity contribution is 0.0815. The molecule has 0 aromatic rings. The van der Waals surface area contributed by atoms with Gasteiger partial charge in [0.25, 0.3) is 0 Å². The smallest absolute Gasteiger partial charge is 0.0571 e. The summed E-state index contributed by atoms with van der Waals surface area (Å²) in [6, 6.07) is 0. The number of hydrogen-bond acceptors (Lipinski definition) is 1. The van der Waals surface area contributed by atoms with Gasteiger partial charge in [0.15, 0.2) is 0 Å². The zero-order valence-electron chi connectivity index (χ0n) is 6.98. The first kappa shape index (κ1) is 8.96. The normalized spacial score (nSPS) is 14.3. The first-order chi connectivity index (χ1) is 4.20. The average Bonchev–Trinajstić information content (AvgIpc) is 1.82. The Labute approximate surface area is 58.4 Å². The summed E-state index contributed by atoms with van der Waals surface area (Å²) in [6.07, 6.45) is 2.80. The molecule has 0 N–H and O–H groups in total. The Morgan fingerprint density at radius 1 is 1.33 bits per heavy atom. The Hall–Kier alpha value is -0.0400. The lowest BCUT2D eigenvalue weighted by Crippen LogP contribution is -2.11. The van der Waals surface area contributed by atoms with Gasteiger partial charge in [-0.3, -0.25) is 0 Å². The van der Waals surface area contributed by atoms with E-state index in [1.807, 2.05) is 0 Å². The Bertz CT molecular complexity index is 55.6. The minimum Gasteiger partial charge on any atom is -0.381 e. The van der Waals surface area contributed by atoms with Crippen LogP contribution >= 0.6 is 0 Å². The molecule has 56 valence electrons. The lowest BCUT2D eigenvalue weighted by Gasteiger charge is -2.14. The second-order valence-electron chi connectivity index (χ2n) is 2.90. The fourth-order valence-corrected chi connectivity index (χ4v) is 0.955. The van der Waals surface area contributed by atoms with E-state index in [0.717, 1.165) is 12.3 Å². The van der Waals surface area contributed by atoms with E-state index < -0.39 is 0 Å². The van der Waals surface area contributed by atoms with Gasteiger partial charge in [0, 0.05) is 7.11 Å². The summed E-state index contributed by atoms with van der Waals surface area (Å²) in [5.41, 5.74) is 0. The third-order valence-electron chi connectivity index (χ3n) is 1.52. The maximum absolute atomic E-state index is 5.21. The number of ether oxygens (including phenoxy) is 1. The SMILES string of the molecule is CC[C@H](CC(C)C)OC. The molecule has 0 saturated heterocycles. The van der Waals surface area contributed by atoms with Crippen LogP contribution in [0, 0.1) is 5.92 Å². The molecule has 0 aliphatic carbocycles. The van der Waals surface area contributed by atoms with Crippen molar-refractivity contribution >= 4 is 0 Å². The standard InChI is InChI=1S/C8H18O/c1-5-8(9-4)6-7(2)3/h7-8H,5-6H2,1-4H3/t8-/m1/s1. The predicted octanol–water partition coefficient (Wildman–Crippen LogP) is 2.46. The maximum atomic E-state index is 5.21. The van der Waals surface area contributed by atoms with Gasteiger partial charge in [-0.25, -0.2) is 0 Å². The molecule has 0 aromatic heterocycles. The molecule has 0 rings (SSSR count). The average molecular weight is 130 g/mol. The van der Waals surface area contributed by atoms with Crippen molar-refractivity contribution in [2.45, 2.75) is 39.7 Å². The zero-order chi connectivity index (χ0) is 7.28. The van der Waals surface area contributed by atoms with Crippen molar-refractivity contribution in [1.29, 1.82) is 0 Å². The summed E-state index contributed by atoms with van der Waals surface area (Å²) in [5.74, 6) is 0.759. The summed E-state index contributed by atoms with van der Waals surface area (Å²) in [4.78, 5) is 0. The molecule has 0 spiro atoms. The van der Waals surface area contributed by atoms with Crippen LogP contribution in [0.2, 0.25) is 0 Å². The molecule has 0 saturated carbocycles. The third kappa shape index (κ3) is 4.46.